The molecule has 0 saturated carbocycles. The number of anilines is 1. The quantitative estimate of drug-likeness (QED) is 0.921. The van der Waals surface area contributed by atoms with Crippen LogP contribution in [0.15, 0.2) is 42.5 Å². The highest BCUT2D eigenvalue weighted by Gasteiger charge is 2.19. The van der Waals surface area contributed by atoms with Gasteiger partial charge >= 0.3 is 0 Å². The van der Waals surface area contributed by atoms with Crippen LogP contribution >= 0.6 is 0 Å². The number of nitrogens with two attached hydrogens (primary N) is 1. The Morgan fingerprint density at radius 2 is 1.85 bits per heavy atom. The maximum atomic E-state index is 13.9. The van der Waals surface area contributed by atoms with E-state index in [9.17, 15) is 4.39 Å². The number of hydrogen-bond acceptors (Lipinski definition) is 2. The van der Waals surface area contributed by atoms with Crippen LogP contribution in [0.2, 0.25) is 0 Å². The Hall–Kier alpha value is -1.87. The van der Waals surface area contributed by atoms with Gasteiger partial charge in [-0.25, -0.2) is 4.39 Å². The van der Waals surface area contributed by atoms with Crippen molar-refractivity contribution in [1.82, 2.24) is 0 Å². The molecule has 0 spiro atoms. The van der Waals surface area contributed by atoms with Gasteiger partial charge in [-0.05, 0) is 37.1 Å². The van der Waals surface area contributed by atoms with Crippen LogP contribution in [0, 0.1) is 19.7 Å². The number of para-hydroxylation sites is 1. The van der Waals surface area contributed by atoms with Gasteiger partial charge in [0, 0.05) is 13.6 Å². The second kappa shape index (κ2) is 6.06. The predicted octanol–water partition coefficient (Wildman–Crippen LogP) is 3.58. The van der Waals surface area contributed by atoms with Gasteiger partial charge in [-0.3, -0.25) is 0 Å². The minimum atomic E-state index is -0.224. The van der Waals surface area contributed by atoms with Crippen molar-refractivity contribution in [2.45, 2.75) is 19.9 Å². The first-order chi connectivity index (χ1) is 9.54. The van der Waals surface area contributed by atoms with E-state index in [-0.39, 0.29) is 11.9 Å². The van der Waals surface area contributed by atoms with Crippen LogP contribution in [-0.2, 0) is 0 Å². The molecule has 0 fully saturated rings. The highest BCUT2D eigenvalue weighted by atomic mass is 19.1. The standard InChI is InChI=1S/C17H21FN2/c1-12-8-9-14(13(2)10-12)17(11-19)20(3)16-7-5-4-6-15(16)18/h4-10,17H,11,19H2,1-3H3. The summed E-state index contributed by atoms with van der Waals surface area (Å²) in [7, 11) is 1.88. The average molecular weight is 272 g/mol. The normalized spacial score (nSPS) is 12.2. The first-order valence-electron chi connectivity index (χ1n) is 6.79. The van der Waals surface area contributed by atoms with E-state index >= 15 is 0 Å². The van der Waals surface area contributed by atoms with E-state index < -0.39 is 0 Å². The molecule has 0 radical (unpaired) electrons. The first-order valence-corrected chi connectivity index (χ1v) is 6.79. The van der Waals surface area contributed by atoms with Crippen LogP contribution in [0.5, 0.6) is 0 Å². The van der Waals surface area contributed by atoms with Crippen molar-refractivity contribution in [3.05, 3.63) is 65.0 Å². The number of nitrogens with zero attached hydrogens (tertiary/aromatic N) is 1. The first kappa shape index (κ1) is 14.5. The SMILES string of the molecule is Cc1ccc(C(CN)N(C)c2ccccc2F)c(C)c1. The van der Waals surface area contributed by atoms with Gasteiger partial charge in [-0.1, -0.05) is 35.9 Å². The van der Waals surface area contributed by atoms with Crippen molar-refractivity contribution in [3.8, 4) is 0 Å². The van der Waals surface area contributed by atoms with E-state index in [0.29, 0.717) is 12.2 Å². The average Bonchev–Trinajstić information content (AvgIpc) is 2.42. The maximum absolute atomic E-state index is 13.9. The minimum Gasteiger partial charge on any atom is -0.364 e. The Morgan fingerprint density at radius 1 is 1.15 bits per heavy atom. The largest absolute Gasteiger partial charge is 0.364 e. The molecular weight excluding hydrogens is 251 g/mol. The summed E-state index contributed by atoms with van der Waals surface area (Å²) in [6.45, 7) is 4.57. The molecular formula is C17H21FN2. The second-order valence-corrected chi connectivity index (χ2v) is 5.17. The molecule has 106 valence electrons. The summed E-state index contributed by atoms with van der Waals surface area (Å²) < 4.78 is 13.9. The maximum Gasteiger partial charge on any atom is 0.146 e. The van der Waals surface area contributed by atoms with E-state index in [1.165, 1.54) is 17.2 Å². The van der Waals surface area contributed by atoms with Crippen molar-refractivity contribution >= 4 is 5.69 Å². The third kappa shape index (κ3) is 2.83. The molecule has 1 unspecified atom stereocenters. The van der Waals surface area contributed by atoms with Gasteiger partial charge in [-0.15, -0.1) is 0 Å². The zero-order valence-corrected chi connectivity index (χ0v) is 12.2. The molecule has 2 rings (SSSR count). The number of likely N-dealkylation sites (N-methyl/N-ethyl adjacent to an activating group) is 1. The van der Waals surface area contributed by atoms with Crippen LogP contribution in [-0.4, -0.2) is 13.6 Å². The van der Waals surface area contributed by atoms with E-state index in [1.807, 2.05) is 18.0 Å². The van der Waals surface area contributed by atoms with Crippen molar-refractivity contribution in [2.24, 2.45) is 5.73 Å². The van der Waals surface area contributed by atoms with E-state index in [1.54, 1.807) is 12.1 Å². The summed E-state index contributed by atoms with van der Waals surface area (Å²) in [4.78, 5) is 1.91. The van der Waals surface area contributed by atoms with Gasteiger partial charge in [0.1, 0.15) is 5.82 Å². The van der Waals surface area contributed by atoms with Gasteiger partial charge in [0.25, 0.3) is 0 Å². The zero-order valence-electron chi connectivity index (χ0n) is 12.2. The Kier molecular flexibility index (Phi) is 4.40. The Morgan fingerprint density at radius 3 is 2.45 bits per heavy atom. The molecule has 2 N–H and O–H groups in total. The molecule has 0 aromatic heterocycles. The van der Waals surface area contributed by atoms with Gasteiger partial charge in [-0.2, -0.15) is 0 Å². The Labute approximate surface area is 120 Å². The van der Waals surface area contributed by atoms with Crippen LogP contribution in [0.3, 0.4) is 0 Å². The Bertz CT molecular complexity index is 595. The third-order valence-electron chi connectivity index (χ3n) is 3.71. The van der Waals surface area contributed by atoms with Crippen LogP contribution < -0.4 is 10.6 Å². The number of halogens is 1. The van der Waals surface area contributed by atoms with Gasteiger partial charge in [0.2, 0.25) is 0 Å². The number of benzene rings is 2. The molecule has 0 heterocycles. The lowest BCUT2D eigenvalue weighted by Gasteiger charge is -2.31. The number of hydrogen-bond donors (Lipinski definition) is 1. The lowest BCUT2D eigenvalue weighted by molar-refractivity contribution is 0.602. The van der Waals surface area contributed by atoms with Crippen molar-refractivity contribution in [2.75, 3.05) is 18.5 Å². The lowest BCUT2D eigenvalue weighted by Crippen LogP contribution is -2.31. The van der Waals surface area contributed by atoms with E-state index in [2.05, 4.69) is 32.0 Å². The van der Waals surface area contributed by atoms with Crippen LogP contribution in [0.1, 0.15) is 22.7 Å². The molecule has 3 heteroatoms. The smallest absolute Gasteiger partial charge is 0.146 e. The monoisotopic (exact) mass is 272 g/mol. The lowest BCUT2D eigenvalue weighted by atomic mass is 9.98. The summed E-state index contributed by atoms with van der Waals surface area (Å²) in [5.74, 6) is -0.224. The fourth-order valence-corrected chi connectivity index (χ4v) is 2.60. The highest BCUT2D eigenvalue weighted by molar-refractivity contribution is 5.50. The summed E-state index contributed by atoms with van der Waals surface area (Å²) in [6, 6.07) is 13.0. The fourth-order valence-electron chi connectivity index (χ4n) is 2.60. The van der Waals surface area contributed by atoms with Crippen molar-refractivity contribution < 1.29 is 4.39 Å². The Balaban J connectivity index is 2.39. The molecule has 0 aliphatic rings. The molecule has 0 bridgehead atoms. The summed E-state index contributed by atoms with van der Waals surface area (Å²) in [5.41, 5.74) is 10.1. The fraction of sp³-hybridized carbons (Fsp3) is 0.294. The summed E-state index contributed by atoms with van der Waals surface area (Å²) in [6.07, 6.45) is 0. The molecule has 0 saturated heterocycles. The molecule has 0 aliphatic carbocycles. The number of aryl methyl sites for hydroxylation is 2. The predicted molar refractivity (Wildman–Crippen MR) is 82.5 cm³/mol. The summed E-state index contributed by atoms with van der Waals surface area (Å²) >= 11 is 0. The van der Waals surface area contributed by atoms with Crippen LogP contribution in [0.4, 0.5) is 10.1 Å². The second-order valence-electron chi connectivity index (χ2n) is 5.17. The van der Waals surface area contributed by atoms with Gasteiger partial charge < -0.3 is 10.6 Å². The molecule has 2 aromatic carbocycles. The van der Waals surface area contributed by atoms with Gasteiger partial charge in [0.05, 0.1) is 11.7 Å². The summed E-state index contributed by atoms with van der Waals surface area (Å²) in [5, 5.41) is 0. The molecule has 2 aromatic rings. The molecule has 20 heavy (non-hydrogen) atoms. The van der Waals surface area contributed by atoms with Crippen molar-refractivity contribution in [3.63, 3.8) is 0 Å². The third-order valence-corrected chi connectivity index (χ3v) is 3.71. The van der Waals surface area contributed by atoms with Crippen LogP contribution in [0.25, 0.3) is 0 Å². The topological polar surface area (TPSA) is 29.3 Å². The molecule has 0 amide bonds. The van der Waals surface area contributed by atoms with E-state index in [0.717, 1.165) is 5.56 Å². The molecule has 1 atom stereocenters. The van der Waals surface area contributed by atoms with Gasteiger partial charge in [0.15, 0.2) is 0 Å². The number of rotatable bonds is 4. The molecule has 0 aliphatic heterocycles. The van der Waals surface area contributed by atoms with E-state index in [4.69, 9.17) is 5.73 Å². The highest BCUT2D eigenvalue weighted by Crippen LogP contribution is 2.29. The van der Waals surface area contributed by atoms with Crippen molar-refractivity contribution in [1.29, 1.82) is 0 Å². The minimum absolute atomic E-state index is 0.0347. The molecule has 2 nitrogen and oxygen atoms in total. The zero-order chi connectivity index (χ0) is 14.7.